The largest absolute Gasteiger partial charge is 0.465 e. The molecule has 0 radical (unpaired) electrons. The molecule has 12 heteroatoms. The monoisotopic (exact) mass is 484 g/mol. The maximum absolute atomic E-state index is 13.5. The molecule has 184 valence electrons. The van der Waals surface area contributed by atoms with Gasteiger partial charge in [0.25, 0.3) is 17.5 Å². The molecule has 12 nitrogen and oxygen atoms in total. The number of amides is 3. The Morgan fingerprint density at radius 1 is 1.17 bits per heavy atom. The number of carbonyl (C=O) groups excluding carboxylic acids is 4. The van der Waals surface area contributed by atoms with Crippen molar-refractivity contribution in [3.05, 3.63) is 63.2 Å². The van der Waals surface area contributed by atoms with Crippen molar-refractivity contribution in [3.8, 4) is 0 Å². The third-order valence-corrected chi connectivity index (χ3v) is 4.90. The standard InChI is InChI=1S/C23H24N4O8/c1-23(2,3)35-22(31)24-10-11-26-16-9-8-13(21(30)34-4)12-15(16)25-19(28)18-14(20(26)29)6-5-7-17(18)27(32)33/h5-9,12H,10-11H2,1-4H3,(H,24,31)(H,25,28). The number of anilines is 2. The molecule has 1 heterocycles. The van der Waals surface area contributed by atoms with Crippen molar-refractivity contribution >= 4 is 40.9 Å². The molecule has 0 saturated carbocycles. The Labute approximate surface area is 200 Å². The van der Waals surface area contributed by atoms with Gasteiger partial charge in [-0.05, 0) is 45.0 Å². The first kappa shape index (κ1) is 25.1. The lowest BCUT2D eigenvalue weighted by atomic mass is 10.00. The molecule has 35 heavy (non-hydrogen) atoms. The maximum atomic E-state index is 13.5. The average Bonchev–Trinajstić information content (AvgIpc) is 2.78. The molecule has 0 bridgehead atoms. The predicted molar refractivity (Wildman–Crippen MR) is 125 cm³/mol. The Morgan fingerprint density at radius 3 is 2.51 bits per heavy atom. The van der Waals surface area contributed by atoms with Crippen molar-refractivity contribution in [1.29, 1.82) is 0 Å². The van der Waals surface area contributed by atoms with Gasteiger partial charge < -0.3 is 25.0 Å². The summed E-state index contributed by atoms with van der Waals surface area (Å²) in [5.41, 5.74) is -1.49. The number of nitrogens with one attached hydrogen (secondary N) is 2. The molecule has 2 N–H and O–H groups in total. The number of alkyl carbamates (subject to hydrolysis) is 1. The van der Waals surface area contributed by atoms with Crippen molar-refractivity contribution in [2.75, 3.05) is 30.4 Å². The van der Waals surface area contributed by atoms with E-state index in [1.54, 1.807) is 20.8 Å². The number of benzene rings is 2. The number of methoxy groups -OCH3 is 1. The van der Waals surface area contributed by atoms with Gasteiger partial charge in [-0.25, -0.2) is 9.59 Å². The van der Waals surface area contributed by atoms with Gasteiger partial charge in [0.15, 0.2) is 0 Å². The Hall–Kier alpha value is -4.48. The summed E-state index contributed by atoms with van der Waals surface area (Å²) in [6, 6.07) is 7.90. The first-order valence-corrected chi connectivity index (χ1v) is 10.5. The molecule has 0 fully saturated rings. The van der Waals surface area contributed by atoms with E-state index in [9.17, 15) is 29.3 Å². The first-order chi connectivity index (χ1) is 16.4. The minimum atomic E-state index is -0.879. The number of ether oxygens (including phenoxy) is 2. The second kappa shape index (κ2) is 9.79. The first-order valence-electron chi connectivity index (χ1n) is 10.5. The van der Waals surface area contributed by atoms with E-state index in [0.29, 0.717) is 0 Å². The predicted octanol–water partition coefficient (Wildman–Crippen LogP) is 3.12. The van der Waals surface area contributed by atoms with Gasteiger partial charge in [0.2, 0.25) is 0 Å². The quantitative estimate of drug-likeness (QED) is 0.372. The minimum absolute atomic E-state index is 0.0307. The zero-order chi connectivity index (χ0) is 25.9. The number of fused-ring (bicyclic) bond motifs is 2. The highest BCUT2D eigenvalue weighted by atomic mass is 16.6. The lowest BCUT2D eigenvalue weighted by Crippen LogP contribution is -2.42. The zero-order valence-electron chi connectivity index (χ0n) is 19.5. The van der Waals surface area contributed by atoms with Crippen molar-refractivity contribution in [2.24, 2.45) is 0 Å². The van der Waals surface area contributed by atoms with Gasteiger partial charge in [-0.2, -0.15) is 0 Å². The van der Waals surface area contributed by atoms with Crippen LogP contribution in [0.5, 0.6) is 0 Å². The van der Waals surface area contributed by atoms with Crippen LogP contribution in [-0.2, 0) is 9.47 Å². The third kappa shape index (κ3) is 5.54. The van der Waals surface area contributed by atoms with Crippen LogP contribution in [0.4, 0.5) is 21.9 Å². The van der Waals surface area contributed by atoms with E-state index in [0.717, 1.165) is 6.07 Å². The number of hydrogen-bond acceptors (Lipinski definition) is 8. The molecule has 3 rings (SSSR count). The number of rotatable bonds is 5. The number of nitro benzene ring substituents is 1. The van der Waals surface area contributed by atoms with Crippen molar-refractivity contribution in [3.63, 3.8) is 0 Å². The van der Waals surface area contributed by atoms with E-state index in [1.165, 1.54) is 42.3 Å². The van der Waals surface area contributed by atoms with Crippen LogP contribution in [-0.4, -0.2) is 54.6 Å². The van der Waals surface area contributed by atoms with Gasteiger partial charge in [-0.1, -0.05) is 6.07 Å². The van der Waals surface area contributed by atoms with Gasteiger partial charge in [0.05, 0.1) is 34.5 Å². The van der Waals surface area contributed by atoms with Crippen LogP contribution < -0.4 is 15.5 Å². The van der Waals surface area contributed by atoms with Crippen LogP contribution >= 0.6 is 0 Å². The molecule has 0 aromatic heterocycles. The maximum Gasteiger partial charge on any atom is 0.407 e. The fourth-order valence-corrected chi connectivity index (χ4v) is 3.47. The van der Waals surface area contributed by atoms with Gasteiger partial charge in [-0.3, -0.25) is 19.7 Å². The Kier molecular flexibility index (Phi) is 7.04. The van der Waals surface area contributed by atoms with Gasteiger partial charge in [-0.15, -0.1) is 0 Å². The molecule has 0 spiro atoms. The summed E-state index contributed by atoms with van der Waals surface area (Å²) in [5, 5.41) is 16.7. The van der Waals surface area contributed by atoms with E-state index >= 15 is 0 Å². The van der Waals surface area contributed by atoms with Crippen LogP contribution in [0.2, 0.25) is 0 Å². The van der Waals surface area contributed by atoms with Gasteiger partial charge in [0.1, 0.15) is 11.2 Å². The number of carbonyl (C=O) groups is 4. The van der Waals surface area contributed by atoms with E-state index < -0.39 is 45.7 Å². The second-order valence-corrected chi connectivity index (χ2v) is 8.52. The number of nitrogens with zero attached hydrogens (tertiary/aromatic N) is 2. The molecular formula is C23H24N4O8. The van der Waals surface area contributed by atoms with E-state index in [4.69, 9.17) is 9.47 Å². The smallest absolute Gasteiger partial charge is 0.407 e. The molecule has 1 aliphatic heterocycles. The molecule has 2 aromatic carbocycles. The normalized spacial score (nSPS) is 13.0. The van der Waals surface area contributed by atoms with Crippen LogP contribution in [0.1, 0.15) is 51.8 Å². The number of nitro groups is 1. The lowest BCUT2D eigenvalue weighted by molar-refractivity contribution is -0.385. The summed E-state index contributed by atoms with van der Waals surface area (Å²) in [6.07, 6.45) is -0.692. The van der Waals surface area contributed by atoms with Crippen LogP contribution in [0.15, 0.2) is 36.4 Å². The molecular weight excluding hydrogens is 460 g/mol. The topological polar surface area (TPSA) is 157 Å². The second-order valence-electron chi connectivity index (χ2n) is 8.52. The van der Waals surface area contributed by atoms with Crippen LogP contribution in [0.3, 0.4) is 0 Å². The molecule has 0 aliphatic carbocycles. The molecule has 0 atom stereocenters. The molecule has 0 unspecified atom stereocenters. The molecule has 1 aliphatic rings. The average molecular weight is 484 g/mol. The molecule has 2 aromatic rings. The third-order valence-electron chi connectivity index (χ3n) is 4.90. The summed E-state index contributed by atoms with van der Waals surface area (Å²) >= 11 is 0. The summed E-state index contributed by atoms with van der Waals surface area (Å²) in [7, 11) is 1.19. The Bertz CT molecular complexity index is 1220. The van der Waals surface area contributed by atoms with E-state index in [-0.39, 0.29) is 35.6 Å². The van der Waals surface area contributed by atoms with Crippen molar-refractivity contribution in [2.45, 2.75) is 26.4 Å². The number of hydrogen-bond donors (Lipinski definition) is 2. The minimum Gasteiger partial charge on any atom is -0.465 e. The fourth-order valence-electron chi connectivity index (χ4n) is 3.47. The van der Waals surface area contributed by atoms with Crippen LogP contribution in [0.25, 0.3) is 0 Å². The highest BCUT2D eigenvalue weighted by molar-refractivity contribution is 6.21. The summed E-state index contributed by atoms with van der Waals surface area (Å²) in [4.78, 5) is 62.7. The summed E-state index contributed by atoms with van der Waals surface area (Å²) in [5.74, 6) is -2.26. The van der Waals surface area contributed by atoms with Gasteiger partial charge >= 0.3 is 12.1 Å². The van der Waals surface area contributed by atoms with Crippen LogP contribution in [0, 0.1) is 10.1 Å². The van der Waals surface area contributed by atoms with Crippen molar-refractivity contribution < 1.29 is 33.6 Å². The highest BCUT2D eigenvalue weighted by Gasteiger charge is 2.34. The summed E-state index contributed by atoms with van der Waals surface area (Å²) in [6.45, 7) is 5.01. The molecule has 3 amide bonds. The van der Waals surface area contributed by atoms with Gasteiger partial charge in [0, 0.05) is 19.2 Å². The number of esters is 1. The highest BCUT2D eigenvalue weighted by Crippen LogP contribution is 2.34. The zero-order valence-corrected chi connectivity index (χ0v) is 19.5. The SMILES string of the molecule is COC(=O)c1ccc2c(c1)NC(=O)c1c(cccc1[N+](=O)[O-])C(=O)N2CCNC(=O)OC(C)(C)C. The molecule has 0 saturated heterocycles. The summed E-state index contributed by atoms with van der Waals surface area (Å²) < 4.78 is 9.91. The van der Waals surface area contributed by atoms with Crippen molar-refractivity contribution in [1.82, 2.24) is 5.32 Å². The fraction of sp³-hybridized carbons (Fsp3) is 0.304. The Morgan fingerprint density at radius 2 is 1.89 bits per heavy atom. The Balaban J connectivity index is 2.05. The van der Waals surface area contributed by atoms with E-state index in [1.807, 2.05) is 0 Å². The van der Waals surface area contributed by atoms with E-state index in [2.05, 4.69) is 10.6 Å². The lowest BCUT2D eigenvalue weighted by Gasteiger charge is -2.29.